The molecule has 0 saturated heterocycles. The van der Waals surface area contributed by atoms with E-state index in [1.54, 1.807) is 7.05 Å². The quantitative estimate of drug-likeness (QED) is 0.882. The first-order valence-corrected chi connectivity index (χ1v) is 8.40. The van der Waals surface area contributed by atoms with Crippen molar-refractivity contribution in [2.75, 3.05) is 13.6 Å². The number of hydrogen-bond acceptors (Lipinski definition) is 2. The summed E-state index contributed by atoms with van der Waals surface area (Å²) in [6.07, 6.45) is 0.223. The van der Waals surface area contributed by atoms with Crippen LogP contribution in [0.4, 0.5) is 13.2 Å². The van der Waals surface area contributed by atoms with Crippen LogP contribution in [-0.2, 0) is 17.5 Å². The molecule has 2 rings (SSSR count). The number of nitrogens with zero attached hydrogens (tertiary/aromatic N) is 1. The summed E-state index contributed by atoms with van der Waals surface area (Å²) < 4.78 is 37.6. The number of alkyl halides is 3. The van der Waals surface area contributed by atoms with Gasteiger partial charge in [0, 0.05) is 12.6 Å². The molecule has 0 aromatic heterocycles. The largest absolute Gasteiger partial charge is 0.416 e. The second-order valence-corrected chi connectivity index (χ2v) is 6.80. The lowest BCUT2D eigenvalue weighted by Gasteiger charge is -2.30. The number of benzene rings is 1. The van der Waals surface area contributed by atoms with Gasteiger partial charge in [-0.2, -0.15) is 13.2 Å². The third-order valence-electron chi connectivity index (χ3n) is 4.61. The van der Waals surface area contributed by atoms with Gasteiger partial charge in [-0.05, 0) is 43.5 Å². The summed E-state index contributed by atoms with van der Waals surface area (Å²) in [5.41, 5.74) is 0.0993. The molecule has 6 heteroatoms. The van der Waals surface area contributed by atoms with Crippen LogP contribution in [0, 0.1) is 5.92 Å². The number of carbonyl (C=O) groups excluding carboxylic acids is 1. The minimum Gasteiger partial charge on any atom is -0.352 e. The van der Waals surface area contributed by atoms with Crippen molar-refractivity contribution in [3.8, 4) is 0 Å². The second kappa shape index (κ2) is 8.01. The van der Waals surface area contributed by atoms with E-state index in [4.69, 9.17) is 0 Å². The molecule has 1 amide bonds. The molecule has 0 radical (unpaired) electrons. The number of likely N-dealkylation sites (N-methyl/N-ethyl adjacent to an activating group) is 1. The van der Waals surface area contributed by atoms with Gasteiger partial charge in [-0.3, -0.25) is 9.69 Å². The first-order valence-electron chi connectivity index (χ1n) is 8.40. The summed E-state index contributed by atoms with van der Waals surface area (Å²) >= 11 is 0. The van der Waals surface area contributed by atoms with E-state index >= 15 is 0 Å². The molecule has 1 N–H and O–H groups in total. The van der Waals surface area contributed by atoms with Crippen molar-refractivity contribution in [1.82, 2.24) is 10.2 Å². The maximum atomic E-state index is 12.5. The van der Waals surface area contributed by atoms with Gasteiger partial charge in [0.1, 0.15) is 0 Å². The number of nitrogens with one attached hydrogen (secondary N) is 1. The van der Waals surface area contributed by atoms with Crippen molar-refractivity contribution in [3.63, 3.8) is 0 Å². The Morgan fingerprint density at radius 2 is 1.83 bits per heavy atom. The number of carbonyl (C=O) groups is 1. The minimum absolute atomic E-state index is 0.0249. The Hall–Kier alpha value is -1.56. The summed E-state index contributed by atoms with van der Waals surface area (Å²) in [6.45, 7) is 2.84. The van der Waals surface area contributed by atoms with Crippen molar-refractivity contribution >= 4 is 5.91 Å². The molecule has 134 valence electrons. The fourth-order valence-electron chi connectivity index (χ4n) is 3.19. The predicted molar refractivity (Wildman–Crippen MR) is 87.3 cm³/mol. The van der Waals surface area contributed by atoms with E-state index in [-0.39, 0.29) is 18.5 Å². The van der Waals surface area contributed by atoms with E-state index in [0.717, 1.165) is 37.0 Å². The topological polar surface area (TPSA) is 32.3 Å². The van der Waals surface area contributed by atoms with Gasteiger partial charge in [-0.1, -0.05) is 31.9 Å². The molecule has 1 aliphatic rings. The molecule has 1 saturated carbocycles. The Bertz CT molecular complexity index is 542. The van der Waals surface area contributed by atoms with Gasteiger partial charge < -0.3 is 5.32 Å². The molecular weight excluding hydrogens is 317 g/mol. The average molecular weight is 342 g/mol. The second-order valence-electron chi connectivity index (χ2n) is 6.80. The maximum Gasteiger partial charge on any atom is 0.416 e. The summed E-state index contributed by atoms with van der Waals surface area (Å²) in [5, 5.41) is 3.08. The Morgan fingerprint density at radius 3 is 2.42 bits per heavy atom. The van der Waals surface area contributed by atoms with Gasteiger partial charge in [-0.15, -0.1) is 0 Å². The molecule has 2 unspecified atom stereocenters. The zero-order chi connectivity index (χ0) is 17.7. The molecule has 2 atom stereocenters. The molecule has 24 heavy (non-hydrogen) atoms. The number of rotatable bonds is 5. The zero-order valence-electron chi connectivity index (χ0n) is 14.2. The monoisotopic (exact) mass is 342 g/mol. The van der Waals surface area contributed by atoms with Crippen molar-refractivity contribution < 1.29 is 18.0 Å². The van der Waals surface area contributed by atoms with E-state index in [2.05, 4.69) is 12.2 Å². The average Bonchev–Trinajstić information content (AvgIpc) is 2.49. The highest BCUT2D eigenvalue weighted by Crippen LogP contribution is 2.29. The van der Waals surface area contributed by atoms with Gasteiger partial charge in [0.15, 0.2) is 0 Å². The van der Waals surface area contributed by atoms with Gasteiger partial charge in [-0.25, -0.2) is 0 Å². The van der Waals surface area contributed by atoms with Crippen LogP contribution in [-0.4, -0.2) is 30.4 Å². The van der Waals surface area contributed by atoms with Crippen LogP contribution >= 0.6 is 0 Å². The number of halogens is 3. The fraction of sp³-hybridized carbons (Fsp3) is 0.611. The van der Waals surface area contributed by atoms with Gasteiger partial charge in [0.25, 0.3) is 0 Å². The number of hydrogen-bond donors (Lipinski definition) is 1. The van der Waals surface area contributed by atoms with E-state index in [1.807, 2.05) is 4.90 Å². The molecule has 0 bridgehead atoms. The highest BCUT2D eigenvalue weighted by Gasteiger charge is 2.30. The summed E-state index contributed by atoms with van der Waals surface area (Å²) in [5.74, 6) is 0.478. The molecule has 3 nitrogen and oxygen atoms in total. The smallest absolute Gasteiger partial charge is 0.352 e. The third kappa shape index (κ3) is 5.51. The van der Waals surface area contributed by atoms with E-state index < -0.39 is 11.7 Å². The SMILES string of the molecule is CC1CCCCC1NC(=O)CN(C)Cc1ccc(C(F)(F)F)cc1. The lowest BCUT2D eigenvalue weighted by atomic mass is 9.86. The molecule has 1 aromatic carbocycles. The van der Waals surface area contributed by atoms with E-state index in [0.29, 0.717) is 12.5 Å². The number of amides is 1. The third-order valence-corrected chi connectivity index (χ3v) is 4.61. The van der Waals surface area contributed by atoms with Crippen molar-refractivity contribution in [1.29, 1.82) is 0 Å². The maximum absolute atomic E-state index is 12.5. The summed E-state index contributed by atoms with van der Waals surface area (Å²) in [6, 6.07) is 5.31. The van der Waals surface area contributed by atoms with Crippen LogP contribution in [0.15, 0.2) is 24.3 Å². The van der Waals surface area contributed by atoms with E-state index in [9.17, 15) is 18.0 Å². The first kappa shape index (κ1) is 18.8. The Balaban J connectivity index is 1.81. The molecule has 0 heterocycles. The molecule has 1 aliphatic carbocycles. The van der Waals surface area contributed by atoms with Gasteiger partial charge >= 0.3 is 6.18 Å². The normalized spacial score (nSPS) is 21.8. The molecule has 0 aliphatic heterocycles. The van der Waals surface area contributed by atoms with Crippen molar-refractivity contribution in [3.05, 3.63) is 35.4 Å². The highest BCUT2D eigenvalue weighted by atomic mass is 19.4. The van der Waals surface area contributed by atoms with Crippen LogP contribution in [0.3, 0.4) is 0 Å². The van der Waals surface area contributed by atoms with Crippen LogP contribution in [0.2, 0.25) is 0 Å². The van der Waals surface area contributed by atoms with Crippen LogP contribution in [0.1, 0.15) is 43.7 Å². The van der Waals surface area contributed by atoms with Crippen molar-refractivity contribution in [2.45, 2.75) is 51.4 Å². The van der Waals surface area contributed by atoms with E-state index in [1.165, 1.54) is 18.6 Å². The Morgan fingerprint density at radius 1 is 1.21 bits per heavy atom. The predicted octanol–water partition coefficient (Wildman–Crippen LogP) is 3.83. The summed E-state index contributed by atoms with van der Waals surface area (Å²) in [7, 11) is 1.79. The molecular formula is C18H25F3N2O. The molecule has 1 aromatic rings. The van der Waals surface area contributed by atoms with Gasteiger partial charge in [0.2, 0.25) is 5.91 Å². The van der Waals surface area contributed by atoms with Crippen LogP contribution in [0.25, 0.3) is 0 Å². The summed E-state index contributed by atoms with van der Waals surface area (Å²) in [4.78, 5) is 14.0. The van der Waals surface area contributed by atoms with Gasteiger partial charge in [0.05, 0.1) is 12.1 Å². The standard InChI is InChI=1S/C18H25F3N2O/c1-13-5-3-4-6-16(13)22-17(24)12-23(2)11-14-7-9-15(10-8-14)18(19,20)21/h7-10,13,16H,3-6,11-12H2,1-2H3,(H,22,24). The fourth-order valence-corrected chi connectivity index (χ4v) is 3.19. The minimum atomic E-state index is -4.32. The lowest BCUT2D eigenvalue weighted by molar-refractivity contribution is -0.137. The molecule has 1 fully saturated rings. The molecule has 0 spiro atoms. The van der Waals surface area contributed by atoms with Crippen molar-refractivity contribution in [2.24, 2.45) is 5.92 Å². The Kier molecular flexibility index (Phi) is 6.27. The first-order chi connectivity index (χ1) is 11.3. The Labute approximate surface area is 141 Å². The van der Waals surface area contributed by atoms with Crippen LogP contribution < -0.4 is 5.32 Å². The lowest BCUT2D eigenvalue weighted by Crippen LogP contribution is -2.44. The van der Waals surface area contributed by atoms with Crippen LogP contribution in [0.5, 0.6) is 0 Å². The highest BCUT2D eigenvalue weighted by molar-refractivity contribution is 5.78. The zero-order valence-corrected chi connectivity index (χ0v) is 14.2.